The second kappa shape index (κ2) is 4.66. The van der Waals surface area contributed by atoms with Crippen LogP contribution in [0.25, 0.3) is 0 Å². The van der Waals surface area contributed by atoms with E-state index in [0.29, 0.717) is 5.56 Å². The quantitative estimate of drug-likeness (QED) is 0.777. The minimum atomic E-state index is -3.16. The number of rotatable bonds is 4. The molecule has 0 spiro atoms. The average Bonchev–Trinajstić information content (AvgIpc) is 2.16. The lowest BCUT2D eigenvalue weighted by molar-refractivity contribution is 0.274. The smallest absolute Gasteiger partial charge is 0.334 e. The van der Waals surface area contributed by atoms with Gasteiger partial charge in [0.05, 0.1) is 6.16 Å². The molecule has 0 saturated carbocycles. The average molecular weight is 232 g/mol. The van der Waals surface area contributed by atoms with Crippen LogP contribution in [0.4, 0.5) is 0 Å². The molecule has 0 aliphatic heterocycles. The second-order valence-electron chi connectivity index (χ2n) is 2.99. The molecule has 0 heterocycles. The lowest BCUT2D eigenvalue weighted by Gasteiger charge is -2.13. The Morgan fingerprint density at radius 1 is 1.13 bits per heavy atom. The zero-order chi connectivity index (χ0) is 11.5. The molecule has 1 aromatic carbocycles. The summed E-state index contributed by atoms with van der Waals surface area (Å²) in [5, 5.41) is 18.4. The van der Waals surface area contributed by atoms with Crippen molar-refractivity contribution in [2.45, 2.75) is 6.16 Å². The van der Waals surface area contributed by atoms with Gasteiger partial charge in [0.25, 0.3) is 0 Å². The first-order chi connectivity index (χ1) is 6.99. The van der Waals surface area contributed by atoms with E-state index in [1.54, 1.807) is 0 Å². The molecule has 0 fully saturated rings. The molecule has 0 aliphatic carbocycles. The SMILES string of the molecule is COP(=O)(Cc1cc(O)cc(O)c1)OC. The fourth-order valence-corrected chi connectivity index (χ4v) is 2.21. The Balaban J connectivity index is 2.93. The van der Waals surface area contributed by atoms with Crippen LogP contribution in [0, 0.1) is 0 Å². The van der Waals surface area contributed by atoms with Crippen LogP contribution in [0.1, 0.15) is 5.56 Å². The fraction of sp³-hybridized carbons (Fsp3) is 0.333. The van der Waals surface area contributed by atoms with Gasteiger partial charge in [-0.15, -0.1) is 0 Å². The number of hydrogen-bond acceptors (Lipinski definition) is 5. The van der Waals surface area contributed by atoms with Gasteiger partial charge >= 0.3 is 7.60 Å². The summed E-state index contributed by atoms with van der Waals surface area (Å²) in [6.45, 7) is 0. The van der Waals surface area contributed by atoms with Crippen molar-refractivity contribution in [3.8, 4) is 11.5 Å². The molecule has 0 aromatic heterocycles. The van der Waals surface area contributed by atoms with Crippen molar-refractivity contribution in [3.05, 3.63) is 23.8 Å². The highest BCUT2D eigenvalue weighted by Gasteiger charge is 2.22. The molecule has 0 atom stereocenters. The molecular formula is C9H13O5P. The third-order valence-corrected chi connectivity index (χ3v) is 3.76. The summed E-state index contributed by atoms with van der Waals surface area (Å²) in [7, 11) is -0.596. The molecule has 1 rings (SSSR count). The molecule has 2 N–H and O–H groups in total. The van der Waals surface area contributed by atoms with Crippen LogP contribution in [0.3, 0.4) is 0 Å². The summed E-state index contributed by atoms with van der Waals surface area (Å²) >= 11 is 0. The first kappa shape index (κ1) is 12.0. The van der Waals surface area contributed by atoms with Gasteiger partial charge in [-0.1, -0.05) is 0 Å². The van der Waals surface area contributed by atoms with Crippen molar-refractivity contribution in [3.63, 3.8) is 0 Å². The molecule has 0 saturated heterocycles. The monoisotopic (exact) mass is 232 g/mol. The lowest BCUT2D eigenvalue weighted by atomic mass is 10.2. The van der Waals surface area contributed by atoms with Crippen molar-refractivity contribution in [2.24, 2.45) is 0 Å². The Hall–Kier alpha value is -1.03. The number of aromatic hydroxyl groups is 2. The molecule has 5 nitrogen and oxygen atoms in total. The van der Waals surface area contributed by atoms with Crippen molar-refractivity contribution < 1.29 is 23.8 Å². The van der Waals surface area contributed by atoms with Gasteiger partial charge < -0.3 is 19.3 Å². The fourth-order valence-electron chi connectivity index (χ4n) is 1.17. The zero-order valence-corrected chi connectivity index (χ0v) is 9.40. The molecule has 0 unspecified atom stereocenters. The number of hydrogen-bond donors (Lipinski definition) is 2. The maximum atomic E-state index is 11.7. The van der Waals surface area contributed by atoms with Crippen molar-refractivity contribution in [1.29, 1.82) is 0 Å². The third kappa shape index (κ3) is 3.23. The van der Waals surface area contributed by atoms with Crippen LogP contribution in [0.2, 0.25) is 0 Å². The minimum absolute atomic E-state index is 0.00194. The molecule has 6 heteroatoms. The van der Waals surface area contributed by atoms with E-state index in [1.807, 2.05) is 0 Å². The minimum Gasteiger partial charge on any atom is -0.508 e. The molecule has 1 aromatic rings. The first-order valence-corrected chi connectivity index (χ1v) is 5.94. The molecule has 0 radical (unpaired) electrons. The van der Waals surface area contributed by atoms with Crippen LogP contribution >= 0.6 is 7.60 Å². The van der Waals surface area contributed by atoms with Gasteiger partial charge in [-0.3, -0.25) is 4.57 Å². The lowest BCUT2D eigenvalue weighted by Crippen LogP contribution is -1.93. The van der Waals surface area contributed by atoms with Gasteiger partial charge in [0.1, 0.15) is 11.5 Å². The molecule has 0 bridgehead atoms. The van der Waals surface area contributed by atoms with Crippen molar-refractivity contribution >= 4 is 7.60 Å². The standard InChI is InChI=1S/C9H13O5P/c1-13-15(12,14-2)6-7-3-8(10)5-9(11)4-7/h3-5,10-11H,6H2,1-2H3. The van der Waals surface area contributed by atoms with E-state index in [1.165, 1.54) is 32.4 Å². The van der Waals surface area contributed by atoms with Crippen molar-refractivity contribution in [1.82, 2.24) is 0 Å². The van der Waals surface area contributed by atoms with Gasteiger partial charge in [-0.25, -0.2) is 0 Å². The topological polar surface area (TPSA) is 76.0 Å². The van der Waals surface area contributed by atoms with Crippen LogP contribution < -0.4 is 0 Å². The van der Waals surface area contributed by atoms with Gasteiger partial charge in [0.2, 0.25) is 0 Å². The van der Waals surface area contributed by atoms with E-state index in [2.05, 4.69) is 0 Å². The molecule has 15 heavy (non-hydrogen) atoms. The van der Waals surface area contributed by atoms with E-state index in [-0.39, 0.29) is 17.7 Å². The second-order valence-corrected chi connectivity index (χ2v) is 5.26. The molecule has 84 valence electrons. The summed E-state index contributed by atoms with van der Waals surface area (Å²) < 4.78 is 21.2. The normalized spacial score (nSPS) is 11.6. The summed E-state index contributed by atoms with van der Waals surface area (Å²) in [6.07, 6.45) is 0.00194. The highest BCUT2D eigenvalue weighted by molar-refractivity contribution is 7.52. The number of phenols is 2. The van der Waals surface area contributed by atoms with Crippen LogP contribution in [0.15, 0.2) is 18.2 Å². The predicted octanol–water partition coefficient (Wildman–Crippen LogP) is 2.08. The third-order valence-electron chi connectivity index (χ3n) is 1.89. The summed E-state index contributed by atoms with van der Waals surface area (Å²) in [6, 6.07) is 3.98. The summed E-state index contributed by atoms with van der Waals surface area (Å²) in [4.78, 5) is 0. The largest absolute Gasteiger partial charge is 0.508 e. The number of benzene rings is 1. The molecule has 0 amide bonds. The van der Waals surface area contributed by atoms with E-state index >= 15 is 0 Å². The summed E-state index contributed by atoms with van der Waals surface area (Å²) in [5.41, 5.74) is 0.486. The maximum absolute atomic E-state index is 11.7. The van der Waals surface area contributed by atoms with Gasteiger partial charge in [0.15, 0.2) is 0 Å². The van der Waals surface area contributed by atoms with Gasteiger partial charge in [-0.05, 0) is 17.7 Å². The molecular weight excluding hydrogens is 219 g/mol. The Kier molecular flexibility index (Phi) is 3.74. The highest BCUT2D eigenvalue weighted by atomic mass is 31.2. The van der Waals surface area contributed by atoms with Crippen LogP contribution in [-0.2, 0) is 19.8 Å². The Morgan fingerprint density at radius 3 is 2.00 bits per heavy atom. The first-order valence-electron chi connectivity index (χ1n) is 4.21. The Bertz CT molecular complexity index is 362. The van der Waals surface area contributed by atoms with Gasteiger partial charge in [-0.2, -0.15) is 0 Å². The van der Waals surface area contributed by atoms with Crippen LogP contribution in [0.5, 0.6) is 11.5 Å². The molecule has 0 aliphatic rings. The Labute approximate surface area is 87.8 Å². The zero-order valence-electron chi connectivity index (χ0n) is 8.51. The highest BCUT2D eigenvalue weighted by Crippen LogP contribution is 2.50. The van der Waals surface area contributed by atoms with E-state index in [4.69, 9.17) is 9.05 Å². The predicted molar refractivity (Wildman–Crippen MR) is 55.1 cm³/mol. The van der Waals surface area contributed by atoms with Crippen molar-refractivity contribution in [2.75, 3.05) is 14.2 Å². The number of phenolic OH excluding ortho intramolecular Hbond substituents is 2. The van der Waals surface area contributed by atoms with Gasteiger partial charge in [0, 0.05) is 20.3 Å². The van der Waals surface area contributed by atoms with E-state index < -0.39 is 7.60 Å². The summed E-state index contributed by atoms with van der Waals surface area (Å²) in [5.74, 6) is -0.187. The van der Waals surface area contributed by atoms with E-state index in [0.717, 1.165) is 0 Å². The Morgan fingerprint density at radius 2 is 1.60 bits per heavy atom. The van der Waals surface area contributed by atoms with E-state index in [9.17, 15) is 14.8 Å². The van der Waals surface area contributed by atoms with Crippen LogP contribution in [-0.4, -0.2) is 24.4 Å². The maximum Gasteiger partial charge on any atom is 0.334 e.